The summed E-state index contributed by atoms with van der Waals surface area (Å²) in [4.78, 5) is 31.1. The number of amides is 2. The van der Waals surface area contributed by atoms with Crippen LogP contribution in [-0.2, 0) is 4.79 Å². The molecular weight excluding hydrogens is 314 g/mol. The Hall–Kier alpha value is -2.35. The second kappa shape index (κ2) is 4.82. The molecule has 8 heteroatoms. The van der Waals surface area contributed by atoms with Crippen LogP contribution in [-0.4, -0.2) is 42.7 Å². The first-order chi connectivity index (χ1) is 11.0. The molecule has 1 saturated heterocycles. The smallest absolute Gasteiger partial charge is 0.256 e. The van der Waals surface area contributed by atoms with E-state index in [-0.39, 0.29) is 23.1 Å². The number of hydrogen-bond donors (Lipinski definition) is 2. The Balaban J connectivity index is 1.70. The van der Waals surface area contributed by atoms with Crippen molar-refractivity contribution in [1.82, 2.24) is 20.1 Å². The number of aromatic nitrogens is 3. The number of aromatic amines is 1. The van der Waals surface area contributed by atoms with Crippen LogP contribution >= 0.6 is 11.8 Å². The number of fused-ring (bicyclic) bond motifs is 3. The predicted octanol–water partition coefficient (Wildman–Crippen LogP) is 1.79. The number of nitrogens with one attached hydrogen (secondary N) is 2. The molecule has 2 atom stereocenters. The van der Waals surface area contributed by atoms with Crippen molar-refractivity contribution in [3.8, 4) is 0 Å². The highest BCUT2D eigenvalue weighted by Crippen LogP contribution is 2.56. The first-order valence-electron chi connectivity index (χ1n) is 7.25. The van der Waals surface area contributed by atoms with Crippen molar-refractivity contribution < 1.29 is 9.59 Å². The molecule has 0 radical (unpaired) electrons. The summed E-state index contributed by atoms with van der Waals surface area (Å²) in [5.41, 5.74) is 1.66. The minimum atomic E-state index is -0.581. The van der Waals surface area contributed by atoms with Gasteiger partial charge in [-0.3, -0.25) is 14.9 Å². The van der Waals surface area contributed by atoms with Crippen LogP contribution in [0.3, 0.4) is 0 Å². The summed E-state index contributed by atoms with van der Waals surface area (Å²) in [7, 11) is 0. The highest BCUT2D eigenvalue weighted by molar-refractivity contribution is 8.01. The molecule has 1 aromatic heterocycles. The van der Waals surface area contributed by atoms with Crippen molar-refractivity contribution in [2.24, 2.45) is 0 Å². The summed E-state index contributed by atoms with van der Waals surface area (Å²) >= 11 is 1.63. The molecule has 1 aromatic carbocycles. The van der Waals surface area contributed by atoms with Crippen LogP contribution in [0.5, 0.6) is 0 Å². The summed E-state index contributed by atoms with van der Waals surface area (Å²) < 4.78 is -0.405. The van der Waals surface area contributed by atoms with Crippen LogP contribution in [0.1, 0.15) is 35.1 Å². The number of hydrogen-bond acceptors (Lipinski definition) is 5. The van der Waals surface area contributed by atoms with Crippen LogP contribution in [0.2, 0.25) is 0 Å². The lowest BCUT2D eigenvalue weighted by Gasteiger charge is -2.29. The van der Waals surface area contributed by atoms with E-state index in [1.807, 2.05) is 38.1 Å². The third kappa shape index (κ3) is 2.05. The molecule has 0 aliphatic carbocycles. The zero-order valence-corrected chi connectivity index (χ0v) is 13.4. The Morgan fingerprint density at radius 3 is 2.91 bits per heavy atom. The van der Waals surface area contributed by atoms with Crippen molar-refractivity contribution in [2.45, 2.75) is 30.0 Å². The highest BCUT2D eigenvalue weighted by Gasteiger charge is 2.57. The molecule has 7 nitrogen and oxygen atoms in total. The Morgan fingerprint density at radius 2 is 2.17 bits per heavy atom. The van der Waals surface area contributed by atoms with E-state index < -0.39 is 10.8 Å². The molecule has 0 unspecified atom stereocenters. The van der Waals surface area contributed by atoms with E-state index in [1.54, 1.807) is 16.7 Å². The maximum atomic E-state index is 12.8. The van der Waals surface area contributed by atoms with Gasteiger partial charge in [0.15, 0.2) is 0 Å². The predicted molar refractivity (Wildman–Crippen MR) is 85.8 cm³/mol. The number of H-pyrrole nitrogens is 1. The van der Waals surface area contributed by atoms with Gasteiger partial charge in [-0.1, -0.05) is 18.2 Å². The standard InChI is InChI=1S/C15H15N5O2S/c1-15(2)10(11(21)18-14-16-7-17-19-14)20-12(22)8-5-3-4-6-9(8)13(20)23-15/h3-7,10,13H,1-2H3,(H2,16,17,18,19,21)/t10-,13-/m0/s1. The van der Waals surface area contributed by atoms with Gasteiger partial charge in [0.2, 0.25) is 5.95 Å². The van der Waals surface area contributed by atoms with Gasteiger partial charge in [0, 0.05) is 10.3 Å². The van der Waals surface area contributed by atoms with E-state index in [4.69, 9.17) is 0 Å². The van der Waals surface area contributed by atoms with Gasteiger partial charge in [-0.05, 0) is 25.5 Å². The molecule has 2 aromatic rings. The molecule has 0 spiro atoms. The van der Waals surface area contributed by atoms with E-state index in [2.05, 4.69) is 20.5 Å². The highest BCUT2D eigenvalue weighted by atomic mass is 32.2. The lowest BCUT2D eigenvalue weighted by atomic mass is 10.0. The quantitative estimate of drug-likeness (QED) is 0.876. The molecule has 1 fully saturated rings. The molecule has 118 valence electrons. The number of thioether (sulfide) groups is 1. The fraction of sp³-hybridized carbons (Fsp3) is 0.333. The molecule has 3 heterocycles. The van der Waals surface area contributed by atoms with Crippen molar-refractivity contribution in [3.63, 3.8) is 0 Å². The minimum absolute atomic E-state index is 0.0959. The van der Waals surface area contributed by atoms with Crippen LogP contribution in [0, 0.1) is 0 Å². The number of carbonyl (C=O) groups excluding carboxylic acids is 2. The molecule has 2 N–H and O–H groups in total. The molecule has 23 heavy (non-hydrogen) atoms. The lowest BCUT2D eigenvalue weighted by Crippen LogP contribution is -2.50. The zero-order chi connectivity index (χ0) is 16.2. The summed E-state index contributed by atoms with van der Waals surface area (Å²) in [5.74, 6) is -0.0762. The summed E-state index contributed by atoms with van der Waals surface area (Å²) in [6, 6.07) is 6.96. The topological polar surface area (TPSA) is 91.0 Å². The SMILES string of the molecule is CC1(C)S[C@H]2c3ccccc3C(=O)N2[C@H]1C(=O)Nc1ncn[nH]1. The number of rotatable bonds is 2. The van der Waals surface area contributed by atoms with Gasteiger partial charge in [-0.2, -0.15) is 10.1 Å². The zero-order valence-electron chi connectivity index (χ0n) is 12.6. The monoisotopic (exact) mass is 329 g/mol. The molecule has 4 rings (SSSR count). The Labute approximate surface area is 136 Å². The largest absolute Gasteiger partial charge is 0.309 e. The van der Waals surface area contributed by atoms with Gasteiger partial charge in [0.05, 0.1) is 0 Å². The van der Waals surface area contributed by atoms with E-state index in [9.17, 15) is 9.59 Å². The molecule has 2 aliphatic heterocycles. The van der Waals surface area contributed by atoms with Gasteiger partial charge in [0.25, 0.3) is 11.8 Å². The normalized spacial score (nSPS) is 24.4. The average Bonchev–Trinajstić information content (AvgIpc) is 3.16. The summed E-state index contributed by atoms with van der Waals surface area (Å²) in [6.07, 6.45) is 1.32. The van der Waals surface area contributed by atoms with Gasteiger partial charge in [-0.25, -0.2) is 5.10 Å². The van der Waals surface area contributed by atoms with E-state index >= 15 is 0 Å². The summed E-state index contributed by atoms with van der Waals surface area (Å²) in [5, 5.41) is 8.90. The lowest BCUT2D eigenvalue weighted by molar-refractivity contribution is -0.121. The van der Waals surface area contributed by atoms with Gasteiger partial charge in [0.1, 0.15) is 17.7 Å². The van der Waals surface area contributed by atoms with Gasteiger partial charge >= 0.3 is 0 Å². The Bertz CT molecular complexity index is 789. The van der Waals surface area contributed by atoms with Gasteiger partial charge in [-0.15, -0.1) is 11.8 Å². The first-order valence-corrected chi connectivity index (χ1v) is 8.12. The second-order valence-electron chi connectivity index (χ2n) is 6.10. The van der Waals surface area contributed by atoms with Gasteiger partial charge < -0.3 is 4.90 Å². The average molecular weight is 329 g/mol. The first kappa shape index (κ1) is 14.3. The Kier molecular flexibility index (Phi) is 2.99. The third-order valence-corrected chi connectivity index (χ3v) is 5.74. The molecule has 0 saturated carbocycles. The van der Waals surface area contributed by atoms with Crippen molar-refractivity contribution >= 4 is 29.5 Å². The number of carbonyl (C=O) groups is 2. The second-order valence-corrected chi connectivity index (χ2v) is 7.83. The molecule has 2 aliphatic rings. The number of benzene rings is 1. The van der Waals surface area contributed by atoms with E-state index in [0.29, 0.717) is 5.56 Å². The number of nitrogens with zero attached hydrogens (tertiary/aromatic N) is 3. The molecule has 2 amide bonds. The summed E-state index contributed by atoms with van der Waals surface area (Å²) in [6.45, 7) is 3.97. The van der Waals surface area contributed by atoms with E-state index in [0.717, 1.165) is 5.56 Å². The van der Waals surface area contributed by atoms with Crippen LogP contribution < -0.4 is 5.32 Å². The third-order valence-electron chi connectivity index (χ3n) is 4.20. The van der Waals surface area contributed by atoms with Crippen molar-refractivity contribution in [2.75, 3.05) is 5.32 Å². The van der Waals surface area contributed by atoms with E-state index in [1.165, 1.54) is 6.33 Å². The Morgan fingerprint density at radius 1 is 1.39 bits per heavy atom. The van der Waals surface area contributed by atoms with Crippen LogP contribution in [0.4, 0.5) is 5.95 Å². The van der Waals surface area contributed by atoms with Crippen LogP contribution in [0.15, 0.2) is 30.6 Å². The van der Waals surface area contributed by atoms with Crippen LogP contribution in [0.25, 0.3) is 0 Å². The minimum Gasteiger partial charge on any atom is -0.309 e. The maximum Gasteiger partial charge on any atom is 0.256 e. The molecule has 0 bridgehead atoms. The fourth-order valence-electron chi connectivity index (χ4n) is 3.26. The fourth-order valence-corrected chi connectivity index (χ4v) is 4.84. The maximum absolute atomic E-state index is 12.8. The van der Waals surface area contributed by atoms with Crippen molar-refractivity contribution in [1.29, 1.82) is 0 Å². The molecular formula is C15H15N5O2S. The number of anilines is 1. The van der Waals surface area contributed by atoms with Crippen molar-refractivity contribution in [3.05, 3.63) is 41.7 Å².